The van der Waals surface area contributed by atoms with Gasteiger partial charge in [0.15, 0.2) is 0 Å². The monoisotopic (exact) mass is 250 g/mol. The van der Waals surface area contributed by atoms with Crippen molar-refractivity contribution in [3.05, 3.63) is 0 Å². The van der Waals surface area contributed by atoms with Crippen LogP contribution in [0.15, 0.2) is 0 Å². The molecule has 2 saturated carbocycles. The van der Waals surface area contributed by atoms with Crippen LogP contribution < -0.4 is 5.32 Å². The maximum atomic E-state index is 12.2. The molecule has 18 heavy (non-hydrogen) atoms. The molecule has 3 rings (SSSR count). The van der Waals surface area contributed by atoms with Gasteiger partial charge in [-0.25, -0.2) is 0 Å². The summed E-state index contributed by atoms with van der Waals surface area (Å²) in [7, 11) is 0. The van der Waals surface area contributed by atoms with E-state index < -0.39 is 0 Å². The zero-order chi connectivity index (χ0) is 12.5. The van der Waals surface area contributed by atoms with Gasteiger partial charge in [0.1, 0.15) is 0 Å². The van der Waals surface area contributed by atoms with Gasteiger partial charge < -0.3 is 4.90 Å². The van der Waals surface area contributed by atoms with Crippen molar-refractivity contribution in [3.63, 3.8) is 0 Å². The van der Waals surface area contributed by atoms with Crippen LogP contribution in [0.3, 0.4) is 0 Å². The van der Waals surface area contributed by atoms with Gasteiger partial charge in [0.2, 0.25) is 5.91 Å². The number of carbonyl (C=O) groups is 1. The van der Waals surface area contributed by atoms with Crippen LogP contribution in [0.1, 0.15) is 58.3 Å². The molecule has 0 aromatic rings. The molecule has 1 atom stereocenters. The molecular formula is C15H26N2O. The highest BCUT2D eigenvalue weighted by Crippen LogP contribution is 2.35. The van der Waals surface area contributed by atoms with Crippen molar-refractivity contribution in [2.75, 3.05) is 6.54 Å². The summed E-state index contributed by atoms with van der Waals surface area (Å²) in [6.07, 6.45) is 10.7. The molecule has 3 nitrogen and oxygen atoms in total. The van der Waals surface area contributed by atoms with Crippen molar-refractivity contribution < 1.29 is 4.79 Å². The van der Waals surface area contributed by atoms with Crippen LogP contribution in [0.2, 0.25) is 0 Å². The number of rotatable bonds is 2. The molecule has 102 valence electrons. The minimum absolute atomic E-state index is 0.353. The molecule has 3 heteroatoms. The maximum Gasteiger partial charge on any atom is 0.238 e. The number of nitrogens with one attached hydrogen (secondary N) is 1. The van der Waals surface area contributed by atoms with Gasteiger partial charge in [-0.3, -0.25) is 10.1 Å². The average Bonchev–Trinajstić information content (AvgIpc) is 2.99. The summed E-state index contributed by atoms with van der Waals surface area (Å²) in [5.74, 6) is 1.93. The molecule has 0 aromatic heterocycles. The lowest BCUT2D eigenvalue weighted by atomic mass is 9.86. The maximum absolute atomic E-state index is 12.2. The lowest BCUT2D eigenvalue weighted by molar-refractivity contribution is -0.132. The molecule has 1 amide bonds. The van der Waals surface area contributed by atoms with Crippen LogP contribution in [-0.4, -0.2) is 29.6 Å². The summed E-state index contributed by atoms with van der Waals surface area (Å²) in [4.78, 5) is 14.4. The minimum Gasteiger partial charge on any atom is -0.323 e. The fourth-order valence-corrected chi connectivity index (χ4v) is 4.15. The Balaban J connectivity index is 1.68. The largest absolute Gasteiger partial charge is 0.323 e. The zero-order valence-electron chi connectivity index (χ0n) is 11.5. The first-order valence-electron chi connectivity index (χ1n) is 7.80. The van der Waals surface area contributed by atoms with Gasteiger partial charge in [-0.1, -0.05) is 19.8 Å². The molecule has 1 N–H and O–H groups in total. The van der Waals surface area contributed by atoms with Gasteiger partial charge in [-0.2, -0.15) is 0 Å². The van der Waals surface area contributed by atoms with Crippen molar-refractivity contribution in [1.29, 1.82) is 0 Å². The first-order chi connectivity index (χ1) is 8.75. The predicted molar refractivity (Wildman–Crippen MR) is 72.0 cm³/mol. The Labute approximate surface area is 110 Å². The summed E-state index contributed by atoms with van der Waals surface area (Å²) in [5.41, 5.74) is 0. The molecule has 2 aliphatic carbocycles. The fourth-order valence-electron chi connectivity index (χ4n) is 4.15. The van der Waals surface area contributed by atoms with E-state index in [-0.39, 0.29) is 0 Å². The quantitative estimate of drug-likeness (QED) is 0.816. The van der Waals surface area contributed by atoms with E-state index in [9.17, 15) is 4.79 Å². The second-order valence-electron chi connectivity index (χ2n) is 6.58. The van der Waals surface area contributed by atoms with Crippen LogP contribution in [0.4, 0.5) is 0 Å². The Kier molecular flexibility index (Phi) is 3.60. The topological polar surface area (TPSA) is 32.3 Å². The van der Waals surface area contributed by atoms with Crippen LogP contribution in [0, 0.1) is 11.8 Å². The van der Waals surface area contributed by atoms with Crippen molar-refractivity contribution in [2.24, 2.45) is 11.8 Å². The van der Waals surface area contributed by atoms with E-state index in [0.29, 0.717) is 24.7 Å². The Hall–Kier alpha value is -0.570. The third-order valence-corrected chi connectivity index (χ3v) is 5.28. The van der Waals surface area contributed by atoms with Crippen LogP contribution in [0.5, 0.6) is 0 Å². The van der Waals surface area contributed by atoms with Gasteiger partial charge in [0, 0.05) is 6.04 Å². The Morgan fingerprint density at radius 1 is 1.06 bits per heavy atom. The van der Waals surface area contributed by atoms with Crippen molar-refractivity contribution >= 4 is 5.91 Å². The van der Waals surface area contributed by atoms with Gasteiger partial charge >= 0.3 is 0 Å². The number of nitrogens with zero attached hydrogens (tertiary/aromatic N) is 1. The summed E-state index contributed by atoms with van der Waals surface area (Å²) in [6, 6.07) is 0.522. The molecular weight excluding hydrogens is 224 g/mol. The highest BCUT2D eigenvalue weighted by molar-refractivity contribution is 5.81. The van der Waals surface area contributed by atoms with Crippen LogP contribution in [-0.2, 0) is 4.79 Å². The lowest BCUT2D eigenvalue weighted by Crippen LogP contribution is -2.49. The Bertz CT molecular complexity index is 304. The van der Waals surface area contributed by atoms with Gasteiger partial charge in [-0.15, -0.1) is 0 Å². The minimum atomic E-state index is 0.353. The van der Waals surface area contributed by atoms with E-state index in [1.807, 2.05) is 0 Å². The molecule has 0 radical (unpaired) electrons. The smallest absolute Gasteiger partial charge is 0.238 e. The van der Waals surface area contributed by atoms with Gasteiger partial charge in [0.25, 0.3) is 0 Å². The van der Waals surface area contributed by atoms with Crippen molar-refractivity contribution in [1.82, 2.24) is 10.2 Å². The third-order valence-electron chi connectivity index (χ3n) is 5.28. The number of amides is 1. The van der Waals surface area contributed by atoms with E-state index in [4.69, 9.17) is 0 Å². The van der Waals surface area contributed by atoms with Gasteiger partial charge in [0.05, 0.1) is 12.7 Å². The van der Waals surface area contributed by atoms with Crippen LogP contribution >= 0.6 is 0 Å². The second kappa shape index (κ2) is 5.20. The molecule has 0 aromatic carbocycles. The van der Waals surface area contributed by atoms with E-state index >= 15 is 0 Å². The molecule has 1 heterocycles. The highest BCUT2D eigenvalue weighted by atomic mass is 16.2. The van der Waals surface area contributed by atoms with E-state index in [0.717, 1.165) is 11.8 Å². The highest BCUT2D eigenvalue weighted by Gasteiger charge is 2.41. The van der Waals surface area contributed by atoms with Crippen LogP contribution in [0.25, 0.3) is 0 Å². The van der Waals surface area contributed by atoms with E-state index in [1.54, 1.807) is 0 Å². The molecule has 1 saturated heterocycles. The number of hydrogen-bond donors (Lipinski definition) is 1. The Morgan fingerprint density at radius 3 is 2.39 bits per heavy atom. The second-order valence-corrected chi connectivity index (χ2v) is 6.58. The van der Waals surface area contributed by atoms with Crippen molar-refractivity contribution in [2.45, 2.75) is 70.5 Å². The van der Waals surface area contributed by atoms with Gasteiger partial charge in [-0.05, 0) is 50.4 Å². The first kappa shape index (κ1) is 12.5. The normalized spacial score (nSPS) is 38.6. The predicted octanol–water partition coefficient (Wildman–Crippen LogP) is 2.51. The lowest BCUT2D eigenvalue weighted by Gasteiger charge is -2.39. The molecule has 1 aliphatic heterocycles. The zero-order valence-corrected chi connectivity index (χ0v) is 11.5. The molecule has 3 aliphatic rings. The molecule has 3 fully saturated rings. The standard InChI is InChI=1S/C15H26N2O/c1-11-6-8-13(9-7-11)17-14(18)10-16-15(17)12-4-2-3-5-12/h11-13,15-16H,2-10H2,1H3. The summed E-state index contributed by atoms with van der Waals surface area (Å²) in [6.45, 7) is 2.92. The number of hydrogen-bond acceptors (Lipinski definition) is 2. The summed E-state index contributed by atoms with van der Waals surface area (Å²) in [5, 5.41) is 3.48. The first-order valence-corrected chi connectivity index (χ1v) is 7.80. The Morgan fingerprint density at radius 2 is 1.72 bits per heavy atom. The third kappa shape index (κ3) is 2.29. The van der Waals surface area contributed by atoms with Crippen molar-refractivity contribution in [3.8, 4) is 0 Å². The van der Waals surface area contributed by atoms with E-state index in [1.165, 1.54) is 51.4 Å². The SMILES string of the molecule is CC1CCC(N2C(=O)CNC2C2CCCC2)CC1. The molecule has 0 spiro atoms. The average molecular weight is 250 g/mol. The molecule has 0 bridgehead atoms. The fraction of sp³-hybridized carbons (Fsp3) is 0.933. The molecule has 1 unspecified atom stereocenters. The summed E-state index contributed by atoms with van der Waals surface area (Å²) >= 11 is 0. The van der Waals surface area contributed by atoms with E-state index in [2.05, 4.69) is 17.1 Å². The number of carbonyl (C=O) groups excluding carboxylic acids is 1. The summed E-state index contributed by atoms with van der Waals surface area (Å²) < 4.78 is 0.